The van der Waals surface area contributed by atoms with Crippen molar-refractivity contribution < 1.29 is 8.91 Å². The highest BCUT2D eigenvalue weighted by Gasteiger charge is 2.06. The Morgan fingerprint density at radius 2 is 2.75 bits per heavy atom. The Bertz CT molecular complexity index is 273. The highest BCUT2D eigenvalue weighted by molar-refractivity contribution is 5.73. The molecule has 1 aliphatic heterocycles. The van der Waals surface area contributed by atoms with E-state index in [0.717, 1.165) is 5.57 Å². The normalized spacial score (nSPS) is 23.4. The van der Waals surface area contributed by atoms with Gasteiger partial charge in [0.25, 0.3) is 0 Å². The molecule has 0 aromatic rings. The minimum Gasteiger partial charge on any atom is -0.353 e. The van der Waals surface area contributed by atoms with Gasteiger partial charge in [0.15, 0.2) is 0 Å². The largest absolute Gasteiger partial charge is 0.353 e. The molecule has 1 rings (SSSR count). The van der Waals surface area contributed by atoms with E-state index >= 15 is 0 Å². The smallest absolute Gasteiger partial charge is 0.217 e. The van der Waals surface area contributed by atoms with Crippen LogP contribution in [0.25, 0.3) is 0 Å². The van der Waals surface area contributed by atoms with Crippen molar-refractivity contribution in [1.29, 1.82) is 0 Å². The van der Waals surface area contributed by atoms with Crippen LogP contribution in [0.1, 0.15) is 17.5 Å². The summed E-state index contributed by atoms with van der Waals surface area (Å²) in [6.45, 7) is 0.964. The Morgan fingerprint density at radius 3 is 3.25 bits per heavy atom. The Balaban J connectivity index is 2.42. The third kappa shape index (κ3) is 3.05. The molecule has 12 heavy (non-hydrogen) atoms. The number of nitrogens with one attached hydrogen (secondary N) is 1. The van der Waals surface area contributed by atoms with Crippen LogP contribution >= 0.6 is 0 Å². The van der Waals surface area contributed by atoms with Gasteiger partial charge in [0.2, 0.25) is 5.91 Å². The lowest BCUT2D eigenvalue weighted by molar-refractivity contribution is -0.118. The molecular weight excluding hydrogens is 152 g/mol. The van der Waals surface area contributed by atoms with Crippen molar-refractivity contribution in [2.45, 2.75) is 13.3 Å². The zero-order valence-corrected chi connectivity index (χ0v) is 7.26. The van der Waals surface area contributed by atoms with Gasteiger partial charge in [-0.3, -0.25) is 4.79 Å². The van der Waals surface area contributed by atoms with Crippen LogP contribution in [0.3, 0.4) is 0 Å². The third-order valence-corrected chi connectivity index (χ3v) is 1.87. The van der Waals surface area contributed by atoms with E-state index in [2.05, 4.69) is 5.32 Å². The molecule has 0 saturated heterocycles. The Morgan fingerprint density at radius 1 is 1.92 bits per heavy atom. The van der Waals surface area contributed by atoms with Gasteiger partial charge >= 0.3 is 0 Å². The fraction of sp³-hybridized carbons (Fsp3) is 0.667. The van der Waals surface area contributed by atoms with Gasteiger partial charge in [-0.2, -0.15) is 0 Å². The van der Waals surface area contributed by atoms with Crippen molar-refractivity contribution in [3.63, 3.8) is 0 Å². The number of carbonyl (C=O) groups is 1. The zero-order valence-electron chi connectivity index (χ0n) is 10.3. The molecule has 0 atom stereocenters. The molecule has 0 spiro atoms. The van der Waals surface area contributed by atoms with Gasteiger partial charge < -0.3 is 10.2 Å². The van der Waals surface area contributed by atoms with Gasteiger partial charge in [0, 0.05) is 30.7 Å². The van der Waals surface area contributed by atoms with Crippen LogP contribution in [0, 0.1) is 0 Å². The van der Waals surface area contributed by atoms with E-state index in [9.17, 15) is 4.79 Å². The zero-order chi connectivity index (χ0) is 11.5. The molecule has 68 valence electrons. The van der Waals surface area contributed by atoms with Crippen molar-refractivity contribution in [2.24, 2.45) is 0 Å². The monoisotopic (exact) mass is 171 g/mol. The number of amides is 1. The molecule has 0 saturated carbocycles. The number of hydrogen-bond donors (Lipinski definition) is 1. The first-order chi connectivity index (χ1) is 6.89. The molecule has 0 aliphatic carbocycles. The van der Waals surface area contributed by atoms with E-state index in [1.54, 1.807) is 0 Å². The van der Waals surface area contributed by atoms with Gasteiger partial charge in [0.1, 0.15) is 0 Å². The quantitative estimate of drug-likeness (QED) is 0.609. The summed E-state index contributed by atoms with van der Waals surface area (Å²) in [5.41, 5.74) is 1.10. The molecule has 3 nitrogen and oxygen atoms in total. The van der Waals surface area contributed by atoms with Crippen molar-refractivity contribution in [1.82, 2.24) is 10.2 Å². The summed E-state index contributed by atoms with van der Waals surface area (Å²) in [6, 6.07) is 0. The summed E-state index contributed by atoms with van der Waals surface area (Å²) in [7, 11) is 0. The number of likely N-dealkylation sites (N-methyl/N-ethyl adjacent to an activating group) is 1. The lowest BCUT2D eigenvalue weighted by atomic mass is 10.1. The van der Waals surface area contributed by atoms with Gasteiger partial charge in [0.05, 0.1) is 0 Å². The topological polar surface area (TPSA) is 32.3 Å². The van der Waals surface area contributed by atoms with Crippen LogP contribution in [-0.2, 0) is 4.79 Å². The highest BCUT2D eigenvalue weighted by Crippen LogP contribution is 2.07. The van der Waals surface area contributed by atoms with Gasteiger partial charge in [-0.05, 0) is 13.4 Å². The summed E-state index contributed by atoms with van der Waals surface area (Å²) < 4.78 is 21.7. The van der Waals surface area contributed by atoms with Crippen molar-refractivity contribution >= 4 is 5.91 Å². The van der Waals surface area contributed by atoms with Crippen LogP contribution in [0.2, 0.25) is 0 Å². The number of rotatable bonds is 2. The first kappa shape index (κ1) is 5.75. The average molecular weight is 171 g/mol. The molecule has 3 heteroatoms. The fourth-order valence-corrected chi connectivity index (χ4v) is 1.11. The van der Waals surface area contributed by atoms with Crippen LogP contribution in [-0.4, -0.2) is 37.4 Å². The first-order valence-electron chi connectivity index (χ1n) is 5.57. The van der Waals surface area contributed by atoms with Crippen molar-refractivity contribution in [3.05, 3.63) is 11.6 Å². The van der Waals surface area contributed by atoms with Gasteiger partial charge in [-0.1, -0.05) is 11.6 Å². The average Bonchev–Trinajstić information content (AvgIpc) is 2.14. The fourth-order valence-electron chi connectivity index (χ4n) is 1.11. The van der Waals surface area contributed by atoms with Crippen LogP contribution in [0.4, 0.5) is 0 Å². The van der Waals surface area contributed by atoms with E-state index < -0.39 is 6.98 Å². The Labute approximate surface area is 77.6 Å². The van der Waals surface area contributed by atoms with Gasteiger partial charge in [-0.15, -0.1) is 0 Å². The van der Waals surface area contributed by atoms with E-state index in [4.69, 9.17) is 4.11 Å². The van der Waals surface area contributed by atoms with E-state index in [0.29, 0.717) is 26.1 Å². The number of carbonyl (C=O) groups excluding carboxylic acids is 1. The molecule has 0 bridgehead atoms. The van der Waals surface area contributed by atoms with Gasteiger partial charge in [-0.25, -0.2) is 0 Å². The first-order valence-corrected chi connectivity index (χ1v) is 4.07. The summed E-state index contributed by atoms with van der Waals surface area (Å²) >= 11 is 0. The van der Waals surface area contributed by atoms with Crippen molar-refractivity contribution in [3.8, 4) is 0 Å². The lowest BCUT2D eigenvalue weighted by Crippen LogP contribution is -2.29. The Hall–Kier alpha value is -0.830. The minimum atomic E-state index is -2.00. The second kappa shape index (κ2) is 4.26. The summed E-state index contributed by atoms with van der Waals surface area (Å²) in [4.78, 5) is 12.1. The maximum Gasteiger partial charge on any atom is 0.217 e. The summed E-state index contributed by atoms with van der Waals surface area (Å²) in [5, 5.41) is 2.70. The summed E-state index contributed by atoms with van der Waals surface area (Å²) in [5.74, 6) is -0.0610. The molecule has 1 amide bonds. The standard InChI is InChI=1S/C9H16N2O/c1-8(12)10-7-9-3-5-11(2)6-4-9/h3H,4-7H2,1-2H3,(H,10,12)/i2D3. The SMILES string of the molecule is [2H]C([2H])([2H])N1CC=C(CNC(C)=O)CC1. The second-order valence-electron chi connectivity index (χ2n) is 2.97. The van der Waals surface area contributed by atoms with Crippen LogP contribution in [0.15, 0.2) is 11.6 Å². The molecular formula is C9H16N2O. The molecule has 0 unspecified atom stereocenters. The molecule has 0 fully saturated rings. The van der Waals surface area contributed by atoms with E-state index in [1.807, 2.05) is 6.08 Å². The highest BCUT2D eigenvalue weighted by atomic mass is 16.1. The molecule has 1 N–H and O–H groups in total. The maximum absolute atomic E-state index is 10.7. The third-order valence-electron chi connectivity index (χ3n) is 1.87. The minimum absolute atomic E-state index is 0.0610. The molecule has 1 aliphatic rings. The van der Waals surface area contributed by atoms with Crippen LogP contribution in [0.5, 0.6) is 0 Å². The number of hydrogen-bond acceptors (Lipinski definition) is 2. The second-order valence-corrected chi connectivity index (χ2v) is 2.97. The molecule has 0 aromatic heterocycles. The van der Waals surface area contributed by atoms with E-state index in [-0.39, 0.29) is 5.91 Å². The maximum atomic E-state index is 10.7. The summed E-state index contributed by atoms with van der Waals surface area (Å²) in [6.07, 6.45) is 2.59. The Kier molecular flexibility index (Phi) is 2.04. The van der Waals surface area contributed by atoms with E-state index in [1.165, 1.54) is 11.8 Å². The predicted octanol–water partition coefficient (Wildman–Crippen LogP) is 0.384. The molecule has 0 aromatic carbocycles. The van der Waals surface area contributed by atoms with Crippen LogP contribution < -0.4 is 5.32 Å². The molecule has 0 radical (unpaired) electrons. The number of nitrogens with zero attached hydrogens (tertiary/aromatic N) is 1. The lowest BCUT2D eigenvalue weighted by Gasteiger charge is -2.21. The predicted molar refractivity (Wildman–Crippen MR) is 48.9 cm³/mol. The molecule has 1 heterocycles. The van der Waals surface area contributed by atoms with Crippen molar-refractivity contribution in [2.75, 3.05) is 26.6 Å².